The van der Waals surface area contributed by atoms with Crippen LogP contribution in [0.3, 0.4) is 0 Å². The van der Waals surface area contributed by atoms with Gasteiger partial charge >= 0.3 is 5.97 Å². The highest BCUT2D eigenvalue weighted by molar-refractivity contribution is 7.17. The number of ether oxygens (including phenoxy) is 1. The summed E-state index contributed by atoms with van der Waals surface area (Å²) in [6, 6.07) is 26.2. The predicted octanol–water partition coefficient (Wildman–Crippen LogP) is 8.26. The lowest BCUT2D eigenvalue weighted by atomic mass is 9.83. The quantitative estimate of drug-likeness (QED) is 0.153. The third kappa shape index (κ3) is 5.76. The van der Waals surface area contributed by atoms with E-state index in [0.29, 0.717) is 38.7 Å². The Morgan fingerprint density at radius 2 is 1.68 bits per heavy atom. The molecule has 7 rings (SSSR count). The Labute approximate surface area is 277 Å². The van der Waals surface area contributed by atoms with E-state index in [1.165, 1.54) is 22.5 Å². The first-order valence-electron chi connectivity index (χ1n) is 16.3. The summed E-state index contributed by atoms with van der Waals surface area (Å²) in [7, 11) is 0. The summed E-state index contributed by atoms with van der Waals surface area (Å²) in [4.78, 5) is 38.6. The molecule has 0 saturated heterocycles. The molecule has 3 heterocycles. The molecular formula is C38H37N5O3S. The summed E-state index contributed by atoms with van der Waals surface area (Å²) in [5.41, 5.74) is 14.0. The van der Waals surface area contributed by atoms with Crippen LogP contribution in [0.5, 0.6) is 0 Å². The number of benzene rings is 3. The normalized spacial score (nSPS) is 14.3. The van der Waals surface area contributed by atoms with Crippen LogP contribution in [0.1, 0.15) is 81.3 Å². The van der Waals surface area contributed by atoms with Crippen LogP contribution in [0.2, 0.25) is 0 Å². The molecule has 0 fully saturated rings. The number of esters is 1. The van der Waals surface area contributed by atoms with Gasteiger partial charge in [-0.05, 0) is 85.9 Å². The summed E-state index contributed by atoms with van der Waals surface area (Å²) < 4.78 is 7.29. The number of unbranched alkanes of at least 4 members (excludes halogenated alkanes) is 1. The number of aryl methyl sites for hydroxylation is 1. The van der Waals surface area contributed by atoms with Crippen LogP contribution in [0.15, 0.2) is 78.9 Å². The van der Waals surface area contributed by atoms with E-state index in [2.05, 4.69) is 48.6 Å². The lowest BCUT2D eigenvalue weighted by molar-refractivity contribution is 0.0526. The molecule has 9 heteroatoms. The highest BCUT2D eigenvalue weighted by Crippen LogP contribution is 2.43. The van der Waals surface area contributed by atoms with E-state index in [-0.39, 0.29) is 18.0 Å². The van der Waals surface area contributed by atoms with Crippen molar-refractivity contribution in [3.05, 3.63) is 112 Å². The number of amides is 1. The molecule has 238 valence electrons. The highest BCUT2D eigenvalue weighted by Gasteiger charge is 2.32. The monoisotopic (exact) mass is 643 g/mol. The van der Waals surface area contributed by atoms with Crippen molar-refractivity contribution in [2.45, 2.75) is 58.3 Å². The van der Waals surface area contributed by atoms with Gasteiger partial charge in [-0.3, -0.25) is 9.36 Å². The van der Waals surface area contributed by atoms with E-state index in [4.69, 9.17) is 20.4 Å². The van der Waals surface area contributed by atoms with Gasteiger partial charge in [0.25, 0.3) is 5.91 Å². The fraction of sp³-hybridized carbons (Fsp3) is 0.263. The van der Waals surface area contributed by atoms with Crippen LogP contribution >= 0.6 is 11.3 Å². The van der Waals surface area contributed by atoms with Crippen molar-refractivity contribution >= 4 is 56.2 Å². The lowest BCUT2D eigenvalue weighted by Gasteiger charge is -2.23. The molecular weight excluding hydrogens is 607 g/mol. The van der Waals surface area contributed by atoms with Crippen LogP contribution < -0.4 is 11.1 Å². The first-order chi connectivity index (χ1) is 23.0. The van der Waals surface area contributed by atoms with Crippen molar-refractivity contribution < 1.29 is 14.3 Å². The Bertz CT molecular complexity index is 2100. The van der Waals surface area contributed by atoms with E-state index in [1.54, 1.807) is 11.5 Å². The minimum absolute atomic E-state index is 0.219. The molecule has 47 heavy (non-hydrogen) atoms. The molecule has 0 saturated carbocycles. The van der Waals surface area contributed by atoms with Crippen molar-refractivity contribution in [1.29, 1.82) is 0 Å². The van der Waals surface area contributed by atoms with Crippen molar-refractivity contribution in [2.75, 3.05) is 17.7 Å². The van der Waals surface area contributed by atoms with Gasteiger partial charge in [-0.15, -0.1) is 11.3 Å². The van der Waals surface area contributed by atoms with E-state index in [1.807, 2.05) is 42.5 Å². The molecule has 3 aromatic carbocycles. The van der Waals surface area contributed by atoms with Crippen LogP contribution in [0.25, 0.3) is 27.9 Å². The molecule has 0 bridgehead atoms. The Kier molecular flexibility index (Phi) is 8.47. The van der Waals surface area contributed by atoms with E-state index in [9.17, 15) is 9.59 Å². The second-order valence-corrected chi connectivity index (χ2v) is 13.1. The number of carbonyl (C=O) groups excluding carboxylic acids is 2. The molecule has 0 radical (unpaired) electrons. The number of nitrogens with zero attached hydrogens (tertiary/aromatic N) is 3. The van der Waals surface area contributed by atoms with Gasteiger partial charge in [0.2, 0.25) is 0 Å². The number of nitrogen functional groups attached to an aromatic ring is 1. The second kappa shape index (κ2) is 13.0. The first kappa shape index (κ1) is 30.6. The molecule has 1 amide bonds. The molecule has 0 spiro atoms. The van der Waals surface area contributed by atoms with Crippen molar-refractivity contribution in [3.63, 3.8) is 0 Å². The maximum absolute atomic E-state index is 14.3. The average Bonchev–Trinajstić information content (AvgIpc) is 3.59. The largest absolute Gasteiger partial charge is 0.462 e. The Morgan fingerprint density at radius 1 is 0.957 bits per heavy atom. The Balaban J connectivity index is 1.31. The predicted molar refractivity (Wildman–Crippen MR) is 189 cm³/mol. The maximum Gasteiger partial charge on any atom is 0.341 e. The van der Waals surface area contributed by atoms with Gasteiger partial charge in [-0.2, -0.15) is 0 Å². The van der Waals surface area contributed by atoms with Crippen LogP contribution in [-0.2, 0) is 24.0 Å². The summed E-state index contributed by atoms with van der Waals surface area (Å²) in [6.45, 7) is 4.21. The second-order valence-electron chi connectivity index (χ2n) is 12.0. The van der Waals surface area contributed by atoms with Crippen molar-refractivity contribution in [3.8, 4) is 5.69 Å². The number of aromatic nitrogens is 3. The molecule has 1 aliphatic carbocycles. The topological polar surface area (TPSA) is 112 Å². The number of nitrogens with one attached hydrogen (secondary N) is 1. The van der Waals surface area contributed by atoms with Gasteiger partial charge in [-0.1, -0.05) is 67.9 Å². The highest BCUT2D eigenvalue weighted by atomic mass is 32.1. The standard InChI is InChI=1S/C38H37N5O3S/c1-3-5-11-23-16-19-26(20-17-23)43-34(39)32(33-35(43)41-29-15-10-9-14-28(29)40-33)36(44)42-37-31(38(45)46-4-2)27-21-18-25(22-30(27)47-37)24-12-7-6-8-13-24/h6-10,12-17,19-20,25H,3-5,11,18,21-22,39H2,1-2H3,(H,42,44)/t25-/m0/s1. The maximum atomic E-state index is 14.3. The molecule has 0 unspecified atom stereocenters. The average molecular weight is 644 g/mol. The number of thiophene rings is 1. The Morgan fingerprint density at radius 3 is 2.40 bits per heavy atom. The molecule has 3 aromatic heterocycles. The van der Waals surface area contributed by atoms with Gasteiger partial charge in [0.05, 0.1) is 23.2 Å². The minimum atomic E-state index is -0.445. The summed E-state index contributed by atoms with van der Waals surface area (Å²) >= 11 is 1.45. The number of para-hydroxylation sites is 2. The van der Waals surface area contributed by atoms with Gasteiger partial charge in [-0.25, -0.2) is 14.8 Å². The Hall–Kier alpha value is -5.02. The summed E-state index contributed by atoms with van der Waals surface area (Å²) in [5, 5.41) is 3.55. The molecule has 8 nitrogen and oxygen atoms in total. The van der Waals surface area contributed by atoms with E-state index in [0.717, 1.165) is 54.7 Å². The number of hydrogen-bond donors (Lipinski definition) is 2. The van der Waals surface area contributed by atoms with E-state index < -0.39 is 11.9 Å². The number of carbonyl (C=O) groups is 2. The summed E-state index contributed by atoms with van der Waals surface area (Å²) in [6.07, 6.45) is 5.66. The fourth-order valence-electron chi connectivity index (χ4n) is 6.61. The van der Waals surface area contributed by atoms with Crippen molar-refractivity contribution in [2.24, 2.45) is 0 Å². The van der Waals surface area contributed by atoms with Crippen LogP contribution in [0, 0.1) is 0 Å². The number of rotatable bonds is 9. The molecule has 6 aromatic rings. The zero-order chi connectivity index (χ0) is 32.5. The molecule has 3 N–H and O–H groups in total. The van der Waals surface area contributed by atoms with Crippen molar-refractivity contribution in [1.82, 2.24) is 14.5 Å². The van der Waals surface area contributed by atoms with Gasteiger partial charge in [0.15, 0.2) is 5.65 Å². The third-order valence-corrected chi connectivity index (χ3v) is 10.2. The lowest BCUT2D eigenvalue weighted by Crippen LogP contribution is -2.18. The van der Waals surface area contributed by atoms with Crippen LogP contribution in [0.4, 0.5) is 10.8 Å². The molecule has 1 atom stereocenters. The van der Waals surface area contributed by atoms with E-state index >= 15 is 0 Å². The van der Waals surface area contributed by atoms with Gasteiger partial charge in [0, 0.05) is 10.6 Å². The fourth-order valence-corrected chi connectivity index (χ4v) is 7.92. The van der Waals surface area contributed by atoms with Gasteiger partial charge < -0.3 is 15.8 Å². The third-order valence-electron chi connectivity index (χ3n) is 8.98. The first-order valence-corrected chi connectivity index (χ1v) is 17.1. The zero-order valence-electron chi connectivity index (χ0n) is 26.6. The molecule has 0 aliphatic heterocycles. The van der Waals surface area contributed by atoms with Crippen LogP contribution in [-0.4, -0.2) is 33.0 Å². The number of hydrogen-bond acceptors (Lipinski definition) is 7. The molecule has 1 aliphatic rings. The number of fused-ring (bicyclic) bond motifs is 3. The van der Waals surface area contributed by atoms with Gasteiger partial charge in [0.1, 0.15) is 21.9 Å². The zero-order valence-corrected chi connectivity index (χ0v) is 27.4. The summed E-state index contributed by atoms with van der Waals surface area (Å²) in [5.74, 6) is -0.300. The smallest absolute Gasteiger partial charge is 0.341 e. The number of anilines is 2. The SMILES string of the molecule is CCCCc1ccc(-n2c(N)c(C(=O)Nc3sc4c(c3C(=O)OCC)CC[C@H](c3ccccc3)C4)c3nc4ccccc4nc32)cc1. The number of nitrogens with two attached hydrogens (primary N) is 1. The minimum Gasteiger partial charge on any atom is -0.462 e.